The topological polar surface area (TPSA) is 53.2 Å². The predicted molar refractivity (Wildman–Crippen MR) is 88.3 cm³/mol. The van der Waals surface area contributed by atoms with Crippen molar-refractivity contribution in [1.29, 1.82) is 0 Å². The van der Waals surface area contributed by atoms with Gasteiger partial charge in [-0.25, -0.2) is 4.79 Å². The van der Waals surface area contributed by atoms with Crippen LogP contribution in [0.2, 0.25) is 10.0 Å². The first-order chi connectivity index (χ1) is 9.87. The molecule has 3 N–H and O–H groups in total. The van der Waals surface area contributed by atoms with Gasteiger partial charge in [-0.15, -0.1) is 0 Å². The molecule has 6 heteroatoms. The molecule has 1 fully saturated rings. The smallest absolute Gasteiger partial charge is 0.319 e. The summed E-state index contributed by atoms with van der Waals surface area (Å²) in [7, 11) is 0. The largest absolute Gasteiger partial charge is 0.336 e. The number of nitrogens with one attached hydrogen (secondary N) is 3. The van der Waals surface area contributed by atoms with E-state index in [9.17, 15) is 4.79 Å². The first kappa shape index (κ1) is 16.4. The Kier molecular flexibility index (Phi) is 5.36. The first-order valence-electron chi connectivity index (χ1n) is 7.11. The van der Waals surface area contributed by atoms with Gasteiger partial charge in [0.1, 0.15) is 0 Å². The van der Waals surface area contributed by atoms with Crippen molar-refractivity contribution < 1.29 is 4.79 Å². The molecule has 0 radical (unpaired) electrons. The molecule has 0 saturated carbocycles. The molecule has 2 rings (SSSR count). The maximum absolute atomic E-state index is 12.0. The molecule has 0 aromatic heterocycles. The van der Waals surface area contributed by atoms with Gasteiger partial charge in [-0.2, -0.15) is 0 Å². The quantitative estimate of drug-likeness (QED) is 0.787. The van der Waals surface area contributed by atoms with E-state index in [-0.39, 0.29) is 17.5 Å². The van der Waals surface area contributed by atoms with Gasteiger partial charge in [0.15, 0.2) is 0 Å². The van der Waals surface area contributed by atoms with Crippen molar-refractivity contribution in [3.63, 3.8) is 0 Å². The van der Waals surface area contributed by atoms with Crippen molar-refractivity contribution in [2.75, 3.05) is 18.4 Å². The molecule has 116 valence electrons. The molecule has 0 spiro atoms. The number of urea groups is 1. The lowest BCUT2D eigenvalue weighted by molar-refractivity contribution is 0.177. The van der Waals surface area contributed by atoms with Crippen LogP contribution in [-0.2, 0) is 0 Å². The summed E-state index contributed by atoms with van der Waals surface area (Å²) < 4.78 is 0. The number of hydrogen-bond donors (Lipinski definition) is 3. The molecule has 1 aliphatic heterocycles. The third kappa shape index (κ3) is 4.77. The van der Waals surface area contributed by atoms with Gasteiger partial charge >= 0.3 is 6.03 Å². The van der Waals surface area contributed by atoms with E-state index in [4.69, 9.17) is 23.2 Å². The Hall–Kier alpha value is -0.970. The van der Waals surface area contributed by atoms with Crippen LogP contribution in [0.1, 0.15) is 26.7 Å². The van der Waals surface area contributed by atoms with Crippen LogP contribution in [0.4, 0.5) is 10.5 Å². The maximum atomic E-state index is 12.0. The molecule has 1 aromatic carbocycles. The van der Waals surface area contributed by atoms with E-state index >= 15 is 0 Å². The van der Waals surface area contributed by atoms with Gasteiger partial charge in [-0.05, 0) is 43.0 Å². The summed E-state index contributed by atoms with van der Waals surface area (Å²) in [5, 5.41) is 10.1. The van der Waals surface area contributed by atoms with Crippen LogP contribution in [0, 0.1) is 5.41 Å². The standard InChI is InChI=1S/C15H21Cl2N3O/c1-15(2)4-3-5-18-13(15)9-19-14(21)20-12-7-10(16)6-11(17)8-12/h6-8,13,18H,3-5,9H2,1-2H3,(H2,19,20,21). The first-order valence-corrected chi connectivity index (χ1v) is 7.87. The van der Waals surface area contributed by atoms with Crippen LogP contribution >= 0.6 is 23.2 Å². The fraction of sp³-hybridized carbons (Fsp3) is 0.533. The number of hydrogen-bond acceptors (Lipinski definition) is 2. The molecular weight excluding hydrogens is 309 g/mol. The minimum atomic E-state index is -0.253. The normalized spacial score (nSPS) is 20.9. The highest BCUT2D eigenvalue weighted by Gasteiger charge is 2.31. The van der Waals surface area contributed by atoms with E-state index in [1.54, 1.807) is 18.2 Å². The second kappa shape index (κ2) is 6.86. The molecule has 0 aliphatic carbocycles. The third-order valence-electron chi connectivity index (χ3n) is 3.92. The molecule has 1 atom stereocenters. The lowest BCUT2D eigenvalue weighted by atomic mass is 9.77. The molecule has 21 heavy (non-hydrogen) atoms. The zero-order valence-corrected chi connectivity index (χ0v) is 13.8. The second-order valence-corrected chi connectivity index (χ2v) is 6.96. The molecular formula is C15H21Cl2N3O. The molecule has 1 heterocycles. The Morgan fingerprint density at radius 1 is 1.33 bits per heavy atom. The number of amides is 2. The number of carbonyl (C=O) groups is 1. The molecule has 1 saturated heterocycles. The number of carbonyl (C=O) groups excluding carboxylic acids is 1. The molecule has 1 aliphatic rings. The van der Waals surface area contributed by atoms with E-state index in [0.29, 0.717) is 22.3 Å². The van der Waals surface area contributed by atoms with Gasteiger partial charge in [0, 0.05) is 28.3 Å². The Morgan fingerprint density at radius 2 is 2.00 bits per heavy atom. The molecule has 0 bridgehead atoms. The Labute approximate surface area is 135 Å². The van der Waals surface area contributed by atoms with Gasteiger partial charge in [-0.1, -0.05) is 37.0 Å². The lowest BCUT2D eigenvalue weighted by Crippen LogP contribution is -2.53. The van der Waals surface area contributed by atoms with Gasteiger partial charge in [0.05, 0.1) is 0 Å². The summed E-state index contributed by atoms with van der Waals surface area (Å²) in [6.45, 7) is 6.04. The molecule has 1 aromatic rings. The van der Waals surface area contributed by atoms with E-state index < -0.39 is 0 Å². The van der Waals surface area contributed by atoms with Crippen LogP contribution in [0.15, 0.2) is 18.2 Å². The number of benzene rings is 1. The van der Waals surface area contributed by atoms with Crippen LogP contribution in [-0.4, -0.2) is 25.2 Å². The number of rotatable bonds is 3. The van der Waals surface area contributed by atoms with E-state index in [0.717, 1.165) is 13.0 Å². The highest BCUT2D eigenvalue weighted by atomic mass is 35.5. The fourth-order valence-corrected chi connectivity index (χ4v) is 3.14. The molecule has 1 unspecified atom stereocenters. The van der Waals surface area contributed by atoms with Crippen LogP contribution in [0.3, 0.4) is 0 Å². The van der Waals surface area contributed by atoms with E-state index in [2.05, 4.69) is 29.8 Å². The summed E-state index contributed by atoms with van der Waals surface area (Å²) in [5.41, 5.74) is 0.770. The summed E-state index contributed by atoms with van der Waals surface area (Å²) in [6.07, 6.45) is 2.34. The summed E-state index contributed by atoms with van der Waals surface area (Å²) >= 11 is 11.8. The Balaban J connectivity index is 1.87. The number of piperidine rings is 1. The average molecular weight is 330 g/mol. The minimum absolute atomic E-state index is 0.185. The zero-order chi connectivity index (χ0) is 15.5. The lowest BCUT2D eigenvalue weighted by Gasteiger charge is -2.39. The summed E-state index contributed by atoms with van der Waals surface area (Å²) in [4.78, 5) is 12.0. The zero-order valence-electron chi connectivity index (χ0n) is 12.3. The van der Waals surface area contributed by atoms with Gasteiger partial charge in [0.25, 0.3) is 0 Å². The van der Waals surface area contributed by atoms with Crippen molar-refractivity contribution >= 4 is 34.9 Å². The van der Waals surface area contributed by atoms with Crippen molar-refractivity contribution in [3.8, 4) is 0 Å². The Bertz CT molecular complexity index is 499. The van der Waals surface area contributed by atoms with Gasteiger partial charge in [0.2, 0.25) is 0 Å². The number of halogens is 2. The van der Waals surface area contributed by atoms with Crippen molar-refractivity contribution in [1.82, 2.24) is 10.6 Å². The highest BCUT2D eigenvalue weighted by molar-refractivity contribution is 6.35. The van der Waals surface area contributed by atoms with Crippen LogP contribution < -0.4 is 16.0 Å². The summed E-state index contributed by atoms with van der Waals surface area (Å²) in [5.74, 6) is 0. The van der Waals surface area contributed by atoms with Crippen molar-refractivity contribution in [2.45, 2.75) is 32.7 Å². The van der Waals surface area contributed by atoms with Crippen molar-refractivity contribution in [2.24, 2.45) is 5.41 Å². The third-order valence-corrected chi connectivity index (χ3v) is 4.36. The van der Waals surface area contributed by atoms with E-state index in [1.807, 2.05) is 0 Å². The monoisotopic (exact) mass is 329 g/mol. The van der Waals surface area contributed by atoms with Crippen LogP contribution in [0.25, 0.3) is 0 Å². The van der Waals surface area contributed by atoms with Crippen molar-refractivity contribution in [3.05, 3.63) is 28.2 Å². The Morgan fingerprint density at radius 3 is 2.62 bits per heavy atom. The molecule has 2 amide bonds. The van der Waals surface area contributed by atoms with E-state index in [1.165, 1.54) is 6.42 Å². The maximum Gasteiger partial charge on any atom is 0.319 e. The minimum Gasteiger partial charge on any atom is -0.336 e. The number of anilines is 1. The SMILES string of the molecule is CC1(C)CCCNC1CNC(=O)Nc1cc(Cl)cc(Cl)c1. The molecule has 4 nitrogen and oxygen atoms in total. The summed E-state index contributed by atoms with van der Waals surface area (Å²) in [6, 6.07) is 4.98. The highest BCUT2D eigenvalue weighted by Crippen LogP contribution is 2.29. The fourth-order valence-electron chi connectivity index (χ4n) is 2.62. The predicted octanol–water partition coefficient (Wildman–Crippen LogP) is 3.89. The second-order valence-electron chi connectivity index (χ2n) is 6.09. The van der Waals surface area contributed by atoms with Gasteiger partial charge < -0.3 is 16.0 Å². The average Bonchev–Trinajstić information content (AvgIpc) is 2.35. The van der Waals surface area contributed by atoms with Crippen LogP contribution in [0.5, 0.6) is 0 Å². The van der Waals surface area contributed by atoms with Gasteiger partial charge in [-0.3, -0.25) is 0 Å².